The molecular weight excluding hydrogens is 280 g/mol. The summed E-state index contributed by atoms with van der Waals surface area (Å²) in [4.78, 5) is 0. The molecule has 1 heterocycles. The lowest BCUT2D eigenvalue weighted by Crippen LogP contribution is -2.45. The van der Waals surface area contributed by atoms with Crippen LogP contribution in [0.2, 0.25) is 0 Å². The zero-order chi connectivity index (χ0) is 15.0. The minimum Gasteiger partial charge on any atom is -0.410 e. The summed E-state index contributed by atoms with van der Waals surface area (Å²) in [6.07, 6.45) is -15.4. The lowest BCUT2D eigenvalue weighted by atomic mass is 10.3. The van der Waals surface area contributed by atoms with E-state index in [1.807, 2.05) is 0 Å². The van der Waals surface area contributed by atoms with Crippen molar-refractivity contribution >= 4 is 0 Å². The summed E-state index contributed by atoms with van der Waals surface area (Å²) in [7, 11) is 1.20. The SMILES string of the molecule is Cc1c(OC(F)(F)C(F)C(F)(F)F)nn(C)c1C#N. The number of hydrogen-bond donors (Lipinski definition) is 0. The number of aromatic nitrogens is 2. The number of nitriles is 1. The third kappa shape index (κ3) is 2.91. The van der Waals surface area contributed by atoms with Gasteiger partial charge in [0.15, 0.2) is 0 Å². The maximum atomic E-state index is 13.0. The van der Waals surface area contributed by atoms with Crippen molar-refractivity contribution in [2.24, 2.45) is 7.05 Å². The fourth-order valence-electron chi connectivity index (χ4n) is 1.23. The molecule has 0 saturated heterocycles. The van der Waals surface area contributed by atoms with Crippen molar-refractivity contribution in [1.82, 2.24) is 9.78 Å². The molecule has 1 unspecified atom stereocenters. The van der Waals surface area contributed by atoms with Gasteiger partial charge in [0, 0.05) is 12.6 Å². The van der Waals surface area contributed by atoms with Crippen LogP contribution in [0.15, 0.2) is 0 Å². The predicted octanol–water partition coefficient (Wildman–Crippen LogP) is 2.47. The molecule has 1 atom stereocenters. The van der Waals surface area contributed by atoms with Crippen molar-refractivity contribution in [2.45, 2.75) is 25.4 Å². The summed E-state index contributed by atoms with van der Waals surface area (Å²) < 4.78 is 78.7. The molecule has 0 aliphatic rings. The van der Waals surface area contributed by atoms with E-state index in [4.69, 9.17) is 5.26 Å². The number of ether oxygens (including phenoxy) is 1. The van der Waals surface area contributed by atoms with Crippen LogP contribution in [0.1, 0.15) is 11.3 Å². The topological polar surface area (TPSA) is 50.8 Å². The Kier molecular flexibility index (Phi) is 3.70. The van der Waals surface area contributed by atoms with Crippen LogP contribution in [-0.2, 0) is 7.05 Å². The minimum atomic E-state index is -5.77. The second-order valence-corrected chi connectivity index (χ2v) is 3.58. The zero-order valence-electron chi connectivity index (χ0n) is 9.60. The molecule has 0 fully saturated rings. The summed E-state index contributed by atoms with van der Waals surface area (Å²) in [5.74, 6) is -0.934. The van der Waals surface area contributed by atoms with Gasteiger partial charge in [-0.25, -0.2) is 4.39 Å². The van der Waals surface area contributed by atoms with Crippen LogP contribution in [0.5, 0.6) is 5.88 Å². The van der Waals surface area contributed by atoms with Crippen LogP contribution in [-0.4, -0.2) is 28.2 Å². The first kappa shape index (κ1) is 15.1. The third-order valence-electron chi connectivity index (χ3n) is 2.16. The van der Waals surface area contributed by atoms with Gasteiger partial charge in [-0.05, 0) is 6.92 Å². The van der Waals surface area contributed by atoms with E-state index in [-0.39, 0.29) is 11.3 Å². The second-order valence-electron chi connectivity index (χ2n) is 3.58. The van der Waals surface area contributed by atoms with Gasteiger partial charge in [0.25, 0.3) is 6.17 Å². The molecule has 19 heavy (non-hydrogen) atoms. The number of rotatable bonds is 3. The fourth-order valence-corrected chi connectivity index (χ4v) is 1.23. The Morgan fingerprint density at radius 2 is 1.84 bits per heavy atom. The fraction of sp³-hybridized carbons (Fsp3) is 0.556. The van der Waals surface area contributed by atoms with Gasteiger partial charge in [0.1, 0.15) is 11.8 Å². The molecule has 0 saturated carbocycles. The van der Waals surface area contributed by atoms with Gasteiger partial charge in [-0.15, -0.1) is 5.10 Å². The predicted molar refractivity (Wildman–Crippen MR) is 49.2 cm³/mol. The number of halogens is 6. The summed E-state index contributed by atoms with van der Waals surface area (Å²) in [6.45, 7) is 1.14. The van der Waals surface area contributed by atoms with E-state index in [9.17, 15) is 26.3 Å². The van der Waals surface area contributed by atoms with Gasteiger partial charge in [-0.2, -0.15) is 27.2 Å². The molecule has 0 spiro atoms. The van der Waals surface area contributed by atoms with E-state index in [1.165, 1.54) is 7.05 Å². The van der Waals surface area contributed by atoms with Crippen molar-refractivity contribution in [2.75, 3.05) is 0 Å². The number of aryl methyl sites for hydroxylation is 1. The highest BCUT2D eigenvalue weighted by atomic mass is 19.4. The summed E-state index contributed by atoms with van der Waals surface area (Å²) in [5.41, 5.74) is -0.396. The van der Waals surface area contributed by atoms with Crippen molar-refractivity contribution in [3.8, 4) is 11.9 Å². The lowest BCUT2D eigenvalue weighted by Gasteiger charge is -2.22. The van der Waals surface area contributed by atoms with E-state index >= 15 is 0 Å². The number of hydrogen-bond acceptors (Lipinski definition) is 3. The van der Waals surface area contributed by atoms with Crippen molar-refractivity contribution < 1.29 is 31.1 Å². The summed E-state index contributed by atoms with van der Waals surface area (Å²) in [6, 6.07) is 1.59. The van der Waals surface area contributed by atoms with Gasteiger partial charge < -0.3 is 4.74 Å². The highest BCUT2D eigenvalue weighted by Gasteiger charge is 2.59. The Morgan fingerprint density at radius 1 is 1.32 bits per heavy atom. The van der Waals surface area contributed by atoms with Crippen molar-refractivity contribution in [1.29, 1.82) is 5.26 Å². The molecule has 1 aromatic rings. The van der Waals surface area contributed by atoms with Crippen LogP contribution in [0.25, 0.3) is 0 Å². The minimum absolute atomic E-state index is 0.187. The maximum Gasteiger partial charge on any atom is 0.440 e. The Morgan fingerprint density at radius 3 is 2.21 bits per heavy atom. The molecule has 1 aromatic heterocycles. The average molecular weight is 287 g/mol. The molecule has 0 aliphatic heterocycles. The molecule has 1 rings (SSSR count). The van der Waals surface area contributed by atoms with Crippen molar-refractivity contribution in [3.05, 3.63) is 11.3 Å². The number of alkyl halides is 6. The third-order valence-corrected chi connectivity index (χ3v) is 2.16. The molecule has 0 aromatic carbocycles. The first-order valence-corrected chi connectivity index (χ1v) is 4.72. The largest absolute Gasteiger partial charge is 0.440 e. The zero-order valence-corrected chi connectivity index (χ0v) is 9.60. The Labute approximate surface area is 103 Å². The molecule has 0 radical (unpaired) electrons. The highest BCUT2D eigenvalue weighted by molar-refractivity contribution is 5.37. The lowest BCUT2D eigenvalue weighted by molar-refractivity contribution is -0.305. The molecule has 106 valence electrons. The van der Waals surface area contributed by atoms with Gasteiger partial charge in [0.05, 0.1) is 0 Å². The average Bonchev–Trinajstić information content (AvgIpc) is 2.51. The van der Waals surface area contributed by atoms with E-state index in [0.717, 1.165) is 11.6 Å². The van der Waals surface area contributed by atoms with Gasteiger partial charge in [-0.1, -0.05) is 0 Å². The van der Waals surface area contributed by atoms with E-state index in [0.29, 0.717) is 0 Å². The van der Waals surface area contributed by atoms with Crippen LogP contribution < -0.4 is 4.74 Å². The maximum absolute atomic E-state index is 13.0. The Balaban J connectivity index is 3.06. The van der Waals surface area contributed by atoms with Gasteiger partial charge in [-0.3, -0.25) is 4.68 Å². The normalized spacial score (nSPS) is 14.1. The van der Waals surface area contributed by atoms with Gasteiger partial charge in [0.2, 0.25) is 5.88 Å². The van der Waals surface area contributed by atoms with E-state index in [1.54, 1.807) is 6.07 Å². The quantitative estimate of drug-likeness (QED) is 0.802. The molecule has 0 amide bonds. The standard InChI is InChI=1S/C9H7F6N3O/c1-4-5(3-16)18(2)17-6(4)19-9(14,15)7(10)8(11,12)13/h7H,1-2H3. The molecule has 10 heteroatoms. The van der Waals surface area contributed by atoms with Crippen LogP contribution in [0, 0.1) is 18.3 Å². The summed E-state index contributed by atoms with van der Waals surface area (Å²) in [5, 5.41) is 11.9. The van der Waals surface area contributed by atoms with Crippen molar-refractivity contribution in [3.63, 3.8) is 0 Å². The first-order chi connectivity index (χ1) is 8.50. The smallest absolute Gasteiger partial charge is 0.410 e. The van der Waals surface area contributed by atoms with E-state index in [2.05, 4.69) is 9.84 Å². The first-order valence-electron chi connectivity index (χ1n) is 4.72. The Hall–Kier alpha value is -1.92. The van der Waals surface area contributed by atoms with Gasteiger partial charge >= 0.3 is 12.3 Å². The van der Waals surface area contributed by atoms with Crippen LogP contribution in [0.3, 0.4) is 0 Å². The molecule has 0 N–H and O–H groups in total. The monoisotopic (exact) mass is 287 g/mol. The Bertz CT molecular complexity index is 515. The number of nitrogens with zero attached hydrogens (tertiary/aromatic N) is 3. The molecular formula is C9H7F6N3O. The van der Waals surface area contributed by atoms with Crippen LogP contribution >= 0.6 is 0 Å². The molecule has 0 bridgehead atoms. The van der Waals surface area contributed by atoms with Crippen LogP contribution in [0.4, 0.5) is 26.3 Å². The summed E-state index contributed by atoms with van der Waals surface area (Å²) >= 11 is 0. The highest BCUT2D eigenvalue weighted by Crippen LogP contribution is 2.37. The molecule has 4 nitrogen and oxygen atoms in total. The van der Waals surface area contributed by atoms with E-state index < -0.39 is 24.3 Å². The second kappa shape index (κ2) is 4.64. The molecule has 0 aliphatic carbocycles.